The van der Waals surface area contributed by atoms with E-state index in [0.717, 1.165) is 23.4 Å². The van der Waals surface area contributed by atoms with Gasteiger partial charge in [0.15, 0.2) is 0 Å². The van der Waals surface area contributed by atoms with E-state index in [0.29, 0.717) is 12.1 Å². The summed E-state index contributed by atoms with van der Waals surface area (Å²) in [6, 6.07) is 22.0. The van der Waals surface area contributed by atoms with E-state index in [2.05, 4.69) is 70.5 Å². The van der Waals surface area contributed by atoms with Crippen LogP contribution in [0.5, 0.6) is 0 Å². The van der Waals surface area contributed by atoms with Gasteiger partial charge in [0.25, 0.3) is 5.69 Å². The first-order chi connectivity index (χ1) is 16.4. The number of carbonyl (C=O) groups excluding carboxylic acids is 1. The van der Waals surface area contributed by atoms with E-state index in [4.69, 9.17) is 4.74 Å². The van der Waals surface area contributed by atoms with E-state index < -0.39 is 10.9 Å². The molecule has 7 heteroatoms. The Labute approximate surface area is 200 Å². The second-order valence-electron chi connectivity index (χ2n) is 7.93. The molecular formula is C27H29N3O4. The number of rotatable bonds is 10. The van der Waals surface area contributed by atoms with Gasteiger partial charge < -0.3 is 14.5 Å². The molecule has 3 aromatic rings. The maximum atomic E-state index is 12.2. The number of ether oxygens (including phenoxy) is 1. The number of non-ortho nitro benzene ring substituents is 1. The average molecular weight is 460 g/mol. The Kier molecular flexibility index (Phi) is 8.40. The average Bonchev–Trinajstić information content (AvgIpc) is 2.86. The van der Waals surface area contributed by atoms with E-state index in [9.17, 15) is 14.9 Å². The molecule has 0 heterocycles. The topological polar surface area (TPSA) is 75.9 Å². The maximum Gasteiger partial charge on any atom is 0.338 e. The van der Waals surface area contributed by atoms with E-state index in [1.54, 1.807) is 0 Å². The second-order valence-corrected chi connectivity index (χ2v) is 7.93. The Morgan fingerprint density at radius 2 is 1.41 bits per heavy atom. The second kappa shape index (κ2) is 11.7. The zero-order valence-corrected chi connectivity index (χ0v) is 19.7. The van der Waals surface area contributed by atoms with Crippen molar-refractivity contribution in [1.29, 1.82) is 0 Å². The summed E-state index contributed by atoms with van der Waals surface area (Å²) in [6.07, 6.45) is 4.17. The predicted molar refractivity (Wildman–Crippen MR) is 137 cm³/mol. The molecule has 0 N–H and O–H groups in total. The van der Waals surface area contributed by atoms with Gasteiger partial charge in [-0.15, -0.1) is 0 Å². The van der Waals surface area contributed by atoms with E-state index >= 15 is 0 Å². The summed E-state index contributed by atoms with van der Waals surface area (Å²) in [4.78, 5) is 26.6. The Morgan fingerprint density at radius 1 is 0.882 bits per heavy atom. The lowest BCUT2D eigenvalue weighted by Gasteiger charge is -2.23. The highest BCUT2D eigenvalue weighted by Crippen LogP contribution is 2.18. The molecule has 0 bridgehead atoms. The molecule has 3 aromatic carbocycles. The fourth-order valence-electron chi connectivity index (χ4n) is 3.39. The third-order valence-electron chi connectivity index (χ3n) is 5.43. The molecule has 176 valence electrons. The molecule has 0 aliphatic heterocycles. The number of anilines is 2. The number of nitrogens with zero attached hydrogens (tertiary/aromatic N) is 3. The molecule has 0 aliphatic rings. The lowest BCUT2D eigenvalue weighted by atomic mass is 10.1. The van der Waals surface area contributed by atoms with Crippen LogP contribution in [0.15, 0.2) is 72.8 Å². The van der Waals surface area contributed by atoms with E-state index in [1.807, 2.05) is 21.0 Å². The summed E-state index contributed by atoms with van der Waals surface area (Å²) in [5, 5.41) is 10.7. The van der Waals surface area contributed by atoms with E-state index in [1.165, 1.54) is 30.0 Å². The van der Waals surface area contributed by atoms with Crippen LogP contribution in [-0.4, -0.2) is 44.7 Å². The fraction of sp³-hybridized carbons (Fsp3) is 0.222. The number of nitro benzene ring substituents is 1. The van der Waals surface area contributed by atoms with Crippen molar-refractivity contribution in [2.45, 2.75) is 6.92 Å². The molecule has 0 aromatic heterocycles. The van der Waals surface area contributed by atoms with Crippen molar-refractivity contribution in [2.24, 2.45) is 0 Å². The summed E-state index contributed by atoms with van der Waals surface area (Å²) in [6.45, 7) is 3.57. The fourth-order valence-corrected chi connectivity index (χ4v) is 3.39. The number of esters is 1. The van der Waals surface area contributed by atoms with Crippen LogP contribution in [0.3, 0.4) is 0 Å². The first-order valence-corrected chi connectivity index (χ1v) is 11.1. The van der Waals surface area contributed by atoms with Crippen molar-refractivity contribution in [3.05, 3.63) is 99.6 Å². The number of carbonyl (C=O) groups is 1. The number of benzene rings is 3. The van der Waals surface area contributed by atoms with Crippen LogP contribution in [-0.2, 0) is 4.74 Å². The molecular weight excluding hydrogens is 430 g/mol. The summed E-state index contributed by atoms with van der Waals surface area (Å²) in [5.41, 5.74) is 4.68. The maximum absolute atomic E-state index is 12.2. The highest BCUT2D eigenvalue weighted by Gasteiger charge is 2.11. The van der Waals surface area contributed by atoms with Crippen LogP contribution in [0.1, 0.15) is 28.4 Å². The first-order valence-electron chi connectivity index (χ1n) is 11.1. The molecule has 3 rings (SSSR count). The first kappa shape index (κ1) is 24.5. The molecule has 0 fully saturated rings. The molecule has 7 nitrogen and oxygen atoms in total. The van der Waals surface area contributed by atoms with Gasteiger partial charge in [-0.2, -0.15) is 0 Å². The van der Waals surface area contributed by atoms with Gasteiger partial charge in [0, 0.05) is 44.1 Å². The molecule has 0 amide bonds. The van der Waals surface area contributed by atoms with Crippen LogP contribution >= 0.6 is 0 Å². The van der Waals surface area contributed by atoms with Gasteiger partial charge in [-0.1, -0.05) is 36.4 Å². The van der Waals surface area contributed by atoms with Gasteiger partial charge in [-0.3, -0.25) is 10.1 Å². The zero-order valence-electron chi connectivity index (χ0n) is 19.7. The van der Waals surface area contributed by atoms with Gasteiger partial charge in [0.1, 0.15) is 6.61 Å². The predicted octanol–water partition coefficient (Wildman–Crippen LogP) is 5.51. The molecule has 0 unspecified atom stereocenters. The lowest BCUT2D eigenvalue weighted by Crippen LogP contribution is -2.28. The lowest BCUT2D eigenvalue weighted by molar-refractivity contribution is -0.384. The van der Waals surface area contributed by atoms with Crippen molar-refractivity contribution >= 4 is 35.2 Å². The van der Waals surface area contributed by atoms with Crippen LogP contribution in [0.2, 0.25) is 0 Å². The van der Waals surface area contributed by atoms with Crippen molar-refractivity contribution in [3.63, 3.8) is 0 Å². The van der Waals surface area contributed by atoms with E-state index in [-0.39, 0.29) is 12.3 Å². The Morgan fingerprint density at radius 3 is 1.88 bits per heavy atom. The Hall–Kier alpha value is -4.13. The number of hydrogen-bond acceptors (Lipinski definition) is 6. The number of likely N-dealkylation sites (N-methyl/N-ethyl adjacent to an activating group) is 1. The van der Waals surface area contributed by atoms with Gasteiger partial charge in [-0.05, 0) is 54.4 Å². The van der Waals surface area contributed by atoms with Crippen molar-refractivity contribution in [2.75, 3.05) is 43.6 Å². The van der Waals surface area contributed by atoms with Crippen LogP contribution in [0.25, 0.3) is 12.2 Å². The zero-order chi connectivity index (χ0) is 24.5. The number of hydrogen-bond donors (Lipinski definition) is 0. The van der Waals surface area contributed by atoms with Crippen LogP contribution in [0, 0.1) is 10.1 Å². The van der Waals surface area contributed by atoms with Crippen molar-refractivity contribution in [3.8, 4) is 0 Å². The SMILES string of the molecule is CCN(CCOC(=O)c1ccc([N+](=O)[O-])cc1)c1ccc(/C=C/c2ccc(N(C)C)cc2)cc1. The summed E-state index contributed by atoms with van der Waals surface area (Å²) in [5.74, 6) is -0.495. The van der Waals surface area contributed by atoms with Gasteiger partial charge in [0.2, 0.25) is 0 Å². The van der Waals surface area contributed by atoms with Crippen LogP contribution in [0.4, 0.5) is 17.1 Å². The van der Waals surface area contributed by atoms with Crippen molar-refractivity contribution in [1.82, 2.24) is 0 Å². The summed E-state index contributed by atoms with van der Waals surface area (Å²) >= 11 is 0. The summed E-state index contributed by atoms with van der Waals surface area (Å²) < 4.78 is 5.35. The number of nitro groups is 1. The molecule has 0 spiro atoms. The smallest absolute Gasteiger partial charge is 0.338 e. The third kappa shape index (κ3) is 6.68. The molecule has 0 saturated carbocycles. The minimum atomic E-state index is -0.502. The summed E-state index contributed by atoms with van der Waals surface area (Å²) in [7, 11) is 4.05. The quantitative estimate of drug-likeness (QED) is 0.172. The third-order valence-corrected chi connectivity index (χ3v) is 5.43. The minimum Gasteiger partial charge on any atom is -0.460 e. The normalized spacial score (nSPS) is 10.8. The molecule has 0 saturated heterocycles. The molecule has 0 atom stereocenters. The monoisotopic (exact) mass is 459 g/mol. The highest BCUT2D eigenvalue weighted by atomic mass is 16.6. The largest absolute Gasteiger partial charge is 0.460 e. The van der Waals surface area contributed by atoms with Crippen LogP contribution < -0.4 is 9.80 Å². The van der Waals surface area contributed by atoms with Gasteiger partial charge >= 0.3 is 5.97 Å². The highest BCUT2D eigenvalue weighted by molar-refractivity contribution is 5.89. The molecule has 0 radical (unpaired) electrons. The molecule has 34 heavy (non-hydrogen) atoms. The molecule has 0 aliphatic carbocycles. The van der Waals surface area contributed by atoms with Gasteiger partial charge in [0.05, 0.1) is 17.0 Å². The Bertz CT molecular complexity index is 1120. The van der Waals surface area contributed by atoms with Gasteiger partial charge in [-0.25, -0.2) is 4.79 Å². The minimum absolute atomic E-state index is 0.0609. The Balaban J connectivity index is 1.53. The van der Waals surface area contributed by atoms with Crippen molar-refractivity contribution < 1.29 is 14.5 Å². The standard InChI is InChI=1S/C27H29N3O4/c1-4-29(19-20-34-27(31)23-11-17-26(18-12-23)30(32)33)25-15-9-22(10-16-25)6-5-21-7-13-24(14-8-21)28(2)3/h5-18H,4,19-20H2,1-3H3/b6-5+.